The zero-order valence-electron chi connectivity index (χ0n) is 11.3. The highest BCUT2D eigenvalue weighted by molar-refractivity contribution is 7.11. The maximum absolute atomic E-state index is 12.3. The lowest BCUT2D eigenvalue weighted by molar-refractivity contribution is -0.143. The molecule has 6 nitrogen and oxygen atoms in total. The highest BCUT2D eigenvalue weighted by Crippen LogP contribution is 2.15. The largest absolute Gasteiger partial charge is 0.465 e. The van der Waals surface area contributed by atoms with Crippen LogP contribution in [-0.2, 0) is 14.3 Å². The predicted molar refractivity (Wildman–Crippen MR) is 71.3 cm³/mol. The molecule has 19 heavy (non-hydrogen) atoms. The Morgan fingerprint density at radius 2 is 2.21 bits per heavy atom. The normalized spacial score (nSPS) is 10.3. The second kappa shape index (κ2) is 7.85. The van der Waals surface area contributed by atoms with Crippen LogP contribution in [-0.4, -0.2) is 55.2 Å². The van der Waals surface area contributed by atoms with E-state index in [9.17, 15) is 9.59 Å². The summed E-state index contributed by atoms with van der Waals surface area (Å²) in [4.78, 5) is 29.8. The first-order chi connectivity index (χ1) is 9.10. The van der Waals surface area contributed by atoms with E-state index in [4.69, 9.17) is 9.47 Å². The summed E-state index contributed by atoms with van der Waals surface area (Å²) < 4.78 is 9.82. The number of thiazole rings is 1. The molecule has 1 amide bonds. The van der Waals surface area contributed by atoms with Gasteiger partial charge in [0.05, 0.1) is 24.4 Å². The molecule has 0 aliphatic carbocycles. The van der Waals surface area contributed by atoms with Crippen molar-refractivity contribution in [2.45, 2.75) is 13.8 Å². The monoisotopic (exact) mass is 286 g/mol. The van der Waals surface area contributed by atoms with Gasteiger partial charge in [-0.3, -0.25) is 9.59 Å². The molecule has 0 spiro atoms. The molecule has 0 unspecified atom stereocenters. The van der Waals surface area contributed by atoms with Gasteiger partial charge in [0.2, 0.25) is 0 Å². The van der Waals surface area contributed by atoms with Crippen LogP contribution < -0.4 is 0 Å². The van der Waals surface area contributed by atoms with E-state index in [1.807, 2.05) is 0 Å². The van der Waals surface area contributed by atoms with Gasteiger partial charge in [-0.2, -0.15) is 0 Å². The van der Waals surface area contributed by atoms with Crippen LogP contribution >= 0.6 is 11.3 Å². The van der Waals surface area contributed by atoms with Crippen LogP contribution in [0.3, 0.4) is 0 Å². The Hall–Kier alpha value is -1.47. The van der Waals surface area contributed by atoms with Crippen molar-refractivity contribution < 1.29 is 19.1 Å². The summed E-state index contributed by atoms with van der Waals surface area (Å²) in [6.45, 7) is 4.42. The smallest absolute Gasteiger partial charge is 0.325 e. The Bertz CT molecular complexity index is 433. The number of ether oxygens (including phenoxy) is 2. The van der Waals surface area contributed by atoms with Crippen LogP contribution in [0.15, 0.2) is 5.51 Å². The molecule has 0 fully saturated rings. The Morgan fingerprint density at radius 1 is 1.47 bits per heavy atom. The number of nitrogens with zero attached hydrogens (tertiary/aromatic N) is 2. The summed E-state index contributed by atoms with van der Waals surface area (Å²) in [7, 11) is 1.55. The van der Waals surface area contributed by atoms with E-state index in [1.165, 1.54) is 16.2 Å². The Morgan fingerprint density at radius 3 is 2.74 bits per heavy atom. The molecule has 1 aromatic heterocycles. The standard InChI is InChI=1S/C12H18N2O4S/c1-4-18-10(15)7-14(5-6-17-3)12(16)11-9(2)13-8-19-11/h8H,4-7H2,1-3H3. The van der Waals surface area contributed by atoms with E-state index in [0.717, 1.165) is 0 Å². The number of aryl methyl sites for hydroxylation is 1. The molecular weight excluding hydrogens is 268 g/mol. The Kier molecular flexibility index (Phi) is 6.44. The van der Waals surface area contributed by atoms with E-state index < -0.39 is 5.97 Å². The van der Waals surface area contributed by atoms with Crippen molar-refractivity contribution >= 4 is 23.2 Å². The number of hydrogen-bond donors (Lipinski definition) is 0. The zero-order chi connectivity index (χ0) is 14.3. The van der Waals surface area contributed by atoms with Crippen LogP contribution in [0.5, 0.6) is 0 Å². The van der Waals surface area contributed by atoms with Crippen LogP contribution in [0.4, 0.5) is 0 Å². The number of hydrogen-bond acceptors (Lipinski definition) is 6. The molecule has 0 bridgehead atoms. The highest BCUT2D eigenvalue weighted by atomic mass is 32.1. The molecule has 0 N–H and O–H groups in total. The third-order valence-corrected chi connectivity index (χ3v) is 3.33. The lowest BCUT2D eigenvalue weighted by atomic mass is 10.3. The molecule has 106 valence electrons. The minimum absolute atomic E-state index is 0.0760. The lowest BCUT2D eigenvalue weighted by Gasteiger charge is -2.20. The van der Waals surface area contributed by atoms with Gasteiger partial charge in [-0.15, -0.1) is 11.3 Å². The number of methoxy groups -OCH3 is 1. The maximum Gasteiger partial charge on any atom is 0.325 e. The van der Waals surface area contributed by atoms with Gasteiger partial charge in [-0.05, 0) is 13.8 Å². The van der Waals surface area contributed by atoms with Gasteiger partial charge < -0.3 is 14.4 Å². The highest BCUT2D eigenvalue weighted by Gasteiger charge is 2.22. The third kappa shape index (κ3) is 4.60. The molecule has 1 heterocycles. The lowest BCUT2D eigenvalue weighted by Crippen LogP contribution is -2.38. The van der Waals surface area contributed by atoms with E-state index in [-0.39, 0.29) is 12.5 Å². The number of carbonyl (C=O) groups is 2. The van der Waals surface area contributed by atoms with Crippen molar-refractivity contribution in [2.24, 2.45) is 0 Å². The van der Waals surface area contributed by atoms with E-state index in [2.05, 4.69) is 4.98 Å². The average molecular weight is 286 g/mol. The molecule has 0 aliphatic rings. The zero-order valence-corrected chi connectivity index (χ0v) is 12.2. The van der Waals surface area contributed by atoms with Gasteiger partial charge >= 0.3 is 5.97 Å². The minimum atomic E-state index is -0.422. The van der Waals surface area contributed by atoms with Gasteiger partial charge in [-0.25, -0.2) is 4.98 Å². The summed E-state index contributed by atoms with van der Waals surface area (Å²) >= 11 is 1.26. The molecule has 0 saturated carbocycles. The first-order valence-corrected chi connectivity index (χ1v) is 6.82. The minimum Gasteiger partial charge on any atom is -0.465 e. The fourth-order valence-corrected chi connectivity index (χ4v) is 2.24. The van der Waals surface area contributed by atoms with Crippen LogP contribution in [0, 0.1) is 6.92 Å². The van der Waals surface area contributed by atoms with Gasteiger partial charge in [-0.1, -0.05) is 0 Å². The third-order valence-electron chi connectivity index (χ3n) is 2.42. The maximum atomic E-state index is 12.3. The van der Waals surface area contributed by atoms with Gasteiger partial charge in [0.15, 0.2) is 0 Å². The molecule has 1 rings (SSSR count). The van der Waals surface area contributed by atoms with Crippen LogP contribution in [0.1, 0.15) is 22.3 Å². The molecule has 0 saturated heterocycles. The summed E-state index contributed by atoms with van der Waals surface area (Å²) in [5.41, 5.74) is 2.28. The second-order valence-corrected chi connectivity index (χ2v) is 4.65. The Labute approximate surface area is 116 Å². The predicted octanol–water partition coefficient (Wildman–Crippen LogP) is 1.10. The van der Waals surface area contributed by atoms with Gasteiger partial charge in [0.1, 0.15) is 11.4 Å². The van der Waals surface area contributed by atoms with Crippen molar-refractivity contribution in [3.8, 4) is 0 Å². The quantitative estimate of drug-likeness (QED) is 0.702. The molecule has 0 radical (unpaired) electrons. The van der Waals surface area contributed by atoms with E-state index in [0.29, 0.717) is 30.3 Å². The SMILES string of the molecule is CCOC(=O)CN(CCOC)C(=O)c1scnc1C. The number of esters is 1. The molecule has 0 aliphatic heterocycles. The van der Waals surface area contributed by atoms with Crippen molar-refractivity contribution in [2.75, 3.05) is 33.4 Å². The second-order valence-electron chi connectivity index (χ2n) is 3.79. The van der Waals surface area contributed by atoms with E-state index in [1.54, 1.807) is 26.5 Å². The fourth-order valence-electron chi connectivity index (χ4n) is 1.47. The van der Waals surface area contributed by atoms with Crippen molar-refractivity contribution in [1.82, 2.24) is 9.88 Å². The van der Waals surface area contributed by atoms with Crippen molar-refractivity contribution in [3.05, 3.63) is 16.1 Å². The first kappa shape index (κ1) is 15.6. The van der Waals surface area contributed by atoms with Crippen molar-refractivity contribution in [1.29, 1.82) is 0 Å². The number of amides is 1. The molecule has 0 atom stereocenters. The van der Waals surface area contributed by atoms with Crippen LogP contribution in [0.2, 0.25) is 0 Å². The molecule has 0 aromatic carbocycles. The fraction of sp³-hybridized carbons (Fsp3) is 0.583. The number of aromatic nitrogens is 1. The molecule has 1 aromatic rings. The number of rotatable bonds is 7. The molecule has 7 heteroatoms. The Balaban J connectivity index is 2.75. The summed E-state index contributed by atoms with van der Waals surface area (Å²) in [5, 5.41) is 0. The van der Waals surface area contributed by atoms with Crippen molar-refractivity contribution in [3.63, 3.8) is 0 Å². The topological polar surface area (TPSA) is 68.7 Å². The van der Waals surface area contributed by atoms with Gasteiger partial charge in [0, 0.05) is 13.7 Å². The van der Waals surface area contributed by atoms with Crippen LogP contribution in [0.25, 0.3) is 0 Å². The first-order valence-electron chi connectivity index (χ1n) is 5.94. The van der Waals surface area contributed by atoms with Gasteiger partial charge in [0.25, 0.3) is 5.91 Å². The van der Waals surface area contributed by atoms with E-state index >= 15 is 0 Å². The summed E-state index contributed by atoms with van der Waals surface area (Å²) in [6.07, 6.45) is 0. The summed E-state index contributed by atoms with van der Waals surface area (Å²) in [5.74, 6) is -0.640. The number of carbonyl (C=O) groups excluding carboxylic acids is 2. The summed E-state index contributed by atoms with van der Waals surface area (Å²) in [6, 6.07) is 0. The molecular formula is C12H18N2O4S. The average Bonchev–Trinajstić information content (AvgIpc) is 2.80.